The quantitative estimate of drug-likeness (QED) is 0.909. The number of halogens is 1. The van der Waals surface area contributed by atoms with Crippen molar-refractivity contribution in [3.63, 3.8) is 0 Å². The fraction of sp³-hybridized carbons (Fsp3) is 0.500. The Morgan fingerprint density at radius 1 is 1.47 bits per heavy atom. The summed E-state index contributed by atoms with van der Waals surface area (Å²) in [6, 6.07) is 9.29. The smallest absolute Gasteiger partial charge is 0.410 e. The van der Waals surface area contributed by atoms with Crippen molar-refractivity contribution in [2.24, 2.45) is 0 Å². The van der Waals surface area contributed by atoms with E-state index in [2.05, 4.69) is 5.32 Å². The fourth-order valence-corrected chi connectivity index (χ4v) is 2.21. The monoisotopic (exact) mass is 266 g/mol. The Morgan fingerprint density at radius 2 is 2.21 bits per heavy atom. The van der Waals surface area contributed by atoms with E-state index in [9.17, 15) is 9.18 Å². The Bertz CT molecular complexity index is 413. The first kappa shape index (κ1) is 13.8. The van der Waals surface area contributed by atoms with E-state index in [0.717, 1.165) is 5.56 Å². The molecule has 19 heavy (non-hydrogen) atoms. The summed E-state index contributed by atoms with van der Waals surface area (Å²) in [6.07, 6.45) is -0.873. The summed E-state index contributed by atoms with van der Waals surface area (Å²) in [6.45, 7) is 0.848. The number of nitrogens with zero attached hydrogens (tertiary/aromatic N) is 1. The van der Waals surface area contributed by atoms with E-state index < -0.39 is 12.3 Å². The molecule has 0 aromatic heterocycles. The van der Waals surface area contributed by atoms with Crippen LogP contribution in [0.2, 0.25) is 0 Å². The Morgan fingerprint density at radius 3 is 2.84 bits per heavy atom. The van der Waals surface area contributed by atoms with Crippen LogP contribution in [0.3, 0.4) is 0 Å². The Balaban J connectivity index is 1.81. The molecule has 104 valence electrons. The largest absolute Gasteiger partial charge is 0.445 e. The molecule has 0 spiro atoms. The molecule has 0 radical (unpaired) electrons. The fourth-order valence-electron chi connectivity index (χ4n) is 2.21. The van der Waals surface area contributed by atoms with Crippen molar-refractivity contribution in [3.8, 4) is 0 Å². The second-order valence-corrected chi connectivity index (χ2v) is 4.69. The molecule has 0 aliphatic carbocycles. The molecule has 1 amide bonds. The molecule has 2 atom stereocenters. The van der Waals surface area contributed by atoms with Crippen molar-refractivity contribution >= 4 is 6.09 Å². The predicted molar refractivity (Wildman–Crippen MR) is 70.6 cm³/mol. The number of carbonyl (C=O) groups excluding carboxylic acids is 1. The maximum absolute atomic E-state index is 13.7. The number of ether oxygens (including phenoxy) is 1. The lowest BCUT2D eigenvalue weighted by Gasteiger charge is -2.33. The summed E-state index contributed by atoms with van der Waals surface area (Å²) in [4.78, 5) is 13.3. The summed E-state index contributed by atoms with van der Waals surface area (Å²) >= 11 is 0. The van der Waals surface area contributed by atoms with Crippen molar-refractivity contribution in [2.75, 3.05) is 20.1 Å². The predicted octanol–water partition coefficient (Wildman–Crippen LogP) is 1.95. The minimum atomic E-state index is -1.04. The van der Waals surface area contributed by atoms with Gasteiger partial charge in [-0.2, -0.15) is 0 Å². The van der Waals surface area contributed by atoms with E-state index in [1.165, 1.54) is 4.90 Å². The summed E-state index contributed by atoms with van der Waals surface area (Å²) < 4.78 is 18.9. The van der Waals surface area contributed by atoms with Gasteiger partial charge in [0.15, 0.2) is 0 Å². The lowest BCUT2D eigenvalue weighted by Crippen LogP contribution is -2.51. The molecule has 0 saturated carbocycles. The number of hydrogen-bond donors (Lipinski definition) is 1. The van der Waals surface area contributed by atoms with Crippen LogP contribution in [-0.4, -0.2) is 43.3 Å². The van der Waals surface area contributed by atoms with Crippen LogP contribution in [0.25, 0.3) is 0 Å². The Labute approximate surface area is 112 Å². The first-order chi connectivity index (χ1) is 9.20. The molecule has 0 bridgehead atoms. The molecule has 0 unspecified atom stereocenters. The number of rotatable bonds is 3. The number of likely N-dealkylation sites (tertiary alicyclic amines) is 1. The average molecular weight is 266 g/mol. The highest BCUT2D eigenvalue weighted by Gasteiger charge is 2.31. The standard InChI is InChI=1S/C14H19FN2O2/c1-16-13-7-8-17(9-12(13)15)14(18)19-10-11-5-3-2-4-6-11/h2-6,12-13,16H,7-10H2,1H3/t12-,13-/m1/s1. The zero-order valence-electron chi connectivity index (χ0n) is 11.0. The van der Waals surface area contributed by atoms with Gasteiger partial charge in [-0.3, -0.25) is 0 Å². The average Bonchev–Trinajstić information content (AvgIpc) is 2.45. The van der Waals surface area contributed by atoms with Gasteiger partial charge < -0.3 is 15.0 Å². The topological polar surface area (TPSA) is 41.6 Å². The minimum Gasteiger partial charge on any atom is -0.445 e. The van der Waals surface area contributed by atoms with Gasteiger partial charge in [-0.15, -0.1) is 0 Å². The first-order valence-corrected chi connectivity index (χ1v) is 6.47. The normalized spacial score (nSPS) is 23.2. The van der Waals surface area contributed by atoms with Crippen molar-refractivity contribution in [1.29, 1.82) is 0 Å². The molecule has 1 N–H and O–H groups in total. The second-order valence-electron chi connectivity index (χ2n) is 4.69. The van der Waals surface area contributed by atoms with Gasteiger partial charge in [-0.1, -0.05) is 30.3 Å². The van der Waals surface area contributed by atoms with Gasteiger partial charge in [-0.25, -0.2) is 9.18 Å². The Kier molecular flexibility index (Phi) is 4.74. The summed E-state index contributed by atoms with van der Waals surface area (Å²) in [5.74, 6) is 0. The molecular weight excluding hydrogens is 247 g/mol. The highest BCUT2D eigenvalue weighted by atomic mass is 19.1. The van der Waals surface area contributed by atoms with Gasteiger partial charge in [0.2, 0.25) is 0 Å². The van der Waals surface area contributed by atoms with E-state index in [4.69, 9.17) is 4.74 Å². The third kappa shape index (κ3) is 3.67. The van der Waals surface area contributed by atoms with Crippen molar-refractivity contribution in [3.05, 3.63) is 35.9 Å². The lowest BCUT2D eigenvalue weighted by molar-refractivity contribution is 0.0617. The van der Waals surface area contributed by atoms with E-state index in [0.29, 0.717) is 13.0 Å². The zero-order chi connectivity index (χ0) is 13.7. The third-order valence-electron chi connectivity index (χ3n) is 3.38. The van der Waals surface area contributed by atoms with Crippen molar-refractivity contribution in [2.45, 2.75) is 25.2 Å². The molecule has 1 aromatic carbocycles. The van der Waals surface area contributed by atoms with Crippen molar-refractivity contribution < 1.29 is 13.9 Å². The highest BCUT2D eigenvalue weighted by Crippen LogP contribution is 2.15. The van der Waals surface area contributed by atoms with Gasteiger partial charge in [0, 0.05) is 12.6 Å². The molecule has 1 aromatic rings. The van der Waals surface area contributed by atoms with Crippen LogP contribution >= 0.6 is 0 Å². The van der Waals surface area contributed by atoms with Crippen LogP contribution in [0.4, 0.5) is 9.18 Å². The van der Waals surface area contributed by atoms with Crippen LogP contribution in [0.1, 0.15) is 12.0 Å². The molecule has 1 heterocycles. The van der Waals surface area contributed by atoms with Gasteiger partial charge >= 0.3 is 6.09 Å². The maximum Gasteiger partial charge on any atom is 0.410 e. The minimum absolute atomic E-state index is 0.0964. The van der Waals surface area contributed by atoms with Crippen LogP contribution < -0.4 is 5.32 Å². The number of piperidine rings is 1. The number of hydrogen-bond acceptors (Lipinski definition) is 3. The second kappa shape index (κ2) is 6.52. The van der Waals surface area contributed by atoms with Gasteiger partial charge in [0.1, 0.15) is 12.8 Å². The van der Waals surface area contributed by atoms with Crippen LogP contribution in [0.5, 0.6) is 0 Å². The summed E-state index contributed by atoms with van der Waals surface area (Å²) in [5.41, 5.74) is 0.928. The summed E-state index contributed by atoms with van der Waals surface area (Å²) in [7, 11) is 1.74. The van der Waals surface area contributed by atoms with E-state index in [-0.39, 0.29) is 19.2 Å². The van der Waals surface area contributed by atoms with E-state index in [1.54, 1.807) is 7.05 Å². The molecule has 2 rings (SSSR count). The molecule has 5 heteroatoms. The highest BCUT2D eigenvalue weighted by molar-refractivity contribution is 5.67. The first-order valence-electron chi connectivity index (χ1n) is 6.47. The van der Waals surface area contributed by atoms with Gasteiger partial charge in [-0.05, 0) is 19.0 Å². The lowest BCUT2D eigenvalue weighted by atomic mass is 10.0. The SMILES string of the molecule is CN[C@@H]1CCN(C(=O)OCc2ccccc2)C[C@H]1F. The zero-order valence-corrected chi connectivity index (χ0v) is 11.0. The number of alkyl halides is 1. The van der Waals surface area contributed by atoms with Gasteiger partial charge in [0.25, 0.3) is 0 Å². The molecule has 4 nitrogen and oxygen atoms in total. The molecular formula is C14H19FN2O2. The third-order valence-corrected chi connectivity index (χ3v) is 3.38. The number of carbonyl (C=O) groups is 1. The molecule has 1 aliphatic heterocycles. The molecule has 1 saturated heterocycles. The van der Waals surface area contributed by atoms with Crippen LogP contribution in [0, 0.1) is 0 Å². The van der Waals surface area contributed by atoms with Crippen LogP contribution in [-0.2, 0) is 11.3 Å². The molecule has 1 aliphatic rings. The van der Waals surface area contributed by atoms with Crippen molar-refractivity contribution in [1.82, 2.24) is 10.2 Å². The number of amides is 1. The van der Waals surface area contributed by atoms with E-state index in [1.807, 2.05) is 30.3 Å². The molecule has 1 fully saturated rings. The maximum atomic E-state index is 13.7. The number of benzene rings is 1. The summed E-state index contributed by atoms with van der Waals surface area (Å²) in [5, 5.41) is 2.92. The van der Waals surface area contributed by atoms with E-state index >= 15 is 0 Å². The van der Waals surface area contributed by atoms with Crippen LogP contribution in [0.15, 0.2) is 30.3 Å². The number of nitrogens with one attached hydrogen (secondary N) is 1. The Hall–Kier alpha value is -1.62. The van der Waals surface area contributed by atoms with Gasteiger partial charge in [0.05, 0.1) is 6.54 Å².